The third-order valence-electron chi connectivity index (χ3n) is 4.86. The summed E-state index contributed by atoms with van der Waals surface area (Å²) in [6.07, 6.45) is 0.667. The molecule has 4 N–H and O–H groups in total. The first-order chi connectivity index (χ1) is 14.4. The molecule has 0 aliphatic carbocycles. The molecule has 0 radical (unpaired) electrons. The number of benzene rings is 2. The summed E-state index contributed by atoms with van der Waals surface area (Å²) in [5.74, 6) is 0.199. The van der Waals surface area contributed by atoms with E-state index in [1.165, 1.54) is 0 Å². The molecule has 4 rings (SSSR count). The monoisotopic (exact) mass is 405 g/mol. The van der Waals surface area contributed by atoms with Gasteiger partial charge in [-0.2, -0.15) is 0 Å². The van der Waals surface area contributed by atoms with Crippen LogP contribution in [0.3, 0.4) is 0 Å². The number of amides is 3. The van der Waals surface area contributed by atoms with Gasteiger partial charge in [0.05, 0.1) is 28.7 Å². The minimum atomic E-state index is -0.960. The van der Waals surface area contributed by atoms with E-state index in [0.717, 1.165) is 23.3 Å². The Kier molecular flexibility index (Phi) is 5.22. The number of carbonyl (C=O) groups is 3. The highest BCUT2D eigenvalue weighted by atomic mass is 16.2. The van der Waals surface area contributed by atoms with Gasteiger partial charge in [-0.3, -0.25) is 14.4 Å². The molecule has 8 nitrogen and oxygen atoms in total. The molecule has 1 aliphatic rings. The van der Waals surface area contributed by atoms with E-state index >= 15 is 0 Å². The first-order valence-corrected chi connectivity index (χ1v) is 9.88. The molecular formula is C22H23N5O3. The van der Waals surface area contributed by atoms with Crippen molar-refractivity contribution in [2.24, 2.45) is 5.92 Å². The lowest BCUT2D eigenvalue weighted by Crippen LogP contribution is -2.43. The number of rotatable bonds is 5. The lowest BCUT2D eigenvalue weighted by atomic mass is 10.1. The lowest BCUT2D eigenvalue weighted by Gasteiger charge is -2.14. The molecule has 8 heteroatoms. The van der Waals surface area contributed by atoms with Crippen LogP contribution in [-0.4, -0.2) is 33.7 Å². The molecule has 3 amide bonds. The molecule has 30 heavy (non-hydrogen) atoms. The van der Waals surface area contributed by atoms with Gasteiger partial charge in [0.2, 0.25) is 11.8 Å². The number of anilines is 2. The molecule has 3 aromatic rings. The van der Waals surface area contributed by atoms with Crippen LogP contribution in [0, 0.1) is 5.92 Å². The van der Waals surface area contributed by atoms with E-state index < -0.39 is 17.9 Å². The summed E-state index contributed by atoms with van der Waals surface area (Å²) in [7, 11) is 0. The van der Waals surface area contributed by atoms with Gasteiger partial charge >= 0.3 is 0 Å². The molecule has 0 saturated heterocycles. The SMILES string of the molecule is CC(C)Cc1nc2ccc(NC(=O)C[C@H]3NC(=O)c4ccccc4NC3=O)cc2[nH]1. The largest absolute Gasteiger partial charge is 0.342 e. The van der Waals surface area contributed by atoms with Crippen LogP contribution < -0.4 is 16.0 Å². The number of aromatic amines is 1. The Morgan fingerprint density at radius 3 is 2.77 bits per heavy atom. The molecule has 0 saturated carbocycles. The van der Waals surface area contributed by atoms with Crippen LogP contribution in [0.1, 0.15) is 36.5 Å². The minimum Gasteiger partial charge on any atom is -0.342 e. The van der Waals surface area contributed by atoms with Crippen molar-refractivity contribution in [2.45, 2.75) is 32.7 Å². The van der Waals surface area contributed by atoms with Crippen molar-refractivity contribution >= 4 is 40.1 Å². The number of H-pyrrole nitrogens is 1. The topological polar surface area (TPSA) is 116 Å². The Morgan fingerprint density at radius 1 is 1.17 bits per heavy atom. The summed E-state index contributed by atoms with van der Waals surface area (Å²) in [5, 5.41) is 8.11. The third-order valence-corrected chi connectivity index (χ3v) is 4.86. The predicted octanol–water partition coefficient (Wildman–Crippen LogP) is 2.84. The van der Waals surface area contributed by atoms with Gasteiger partial charge in [0.15, 0.2) is 0 Å². The number of nitrogens with one attached hydrogen (secondary N) is 4. The summed E-state index contributed by atoms with van der Waals surface area (Å²) in [6.45, 7) is 4.25. The van der Waals surface area contributed by atoms with E-state index in [0.29, 0.717) is 22.9 Å². The molecule has 154 valence electrons. The number of imidazole rings is 1. The fourth-order valence-electron chi connectivity index (χ4n) is 3.48. The molecule has 2 heterocycles. The summed E-state index contributed by atoms with van der Waals surface area (Å²) in [5.41, 5.74) is 3.06. The Morgan fingerprint density at radius 2 is 1.97 bits per heavy atom. The van der Waals surface area contributed by atoms with Gasteiger partial charge in [-0.1, -0.05) is 26.0 Å². The van der Waals surface area contributed by atoms with Crippen molar-refractivity contribution in [3.8, 4) is 0 Å². The van der Waals surface area contributed by atoms with Crippen LogP contribution in [0.2, 0.25) is 0 Å². The van der Waals surface area contributed by atoms with E-state index in [1.54, 1.807) is 30.3 Å². The van der Waals surface area contributed by atoms with Gasteiger partial charge in [-0.15, -0.1) is 0 Å². The number of aromatic nitrogens is 2. The first-order valence-electron chi connectivity index (χ1n) is 9.88. The van der Waals surface area contributed by atoms with Crippen LogP contribution in [0.25, 0.3) is 11.0 Å². The fourth-order valence-corrected chi connectivity index (χ4v) is 3.48. The van der Waals surface area contributed by atoms with Gasteiger partial charge in [-0.25, -0.2) is 4.98 Å². The maximum absolute atomic E-state index is 12.5. The number of para-hydroxylation sites is 1. The number of carbonyl (C=O) groups excluding carboxylic acids is 3. The second-order valence-electron chi connectivity index (χ2n) is 7.83. The molecule has 1 aromatic heterocycles. The quantitative estimate of drug-likeness (QED) is 0.522. The highest BCUT2D eigenvalue weighted by molar-refractivity contribution is 6.11. The molecule has 0 bridgehead atoms. The van der Waals surface area contributed by atoms with E-state index in [-0.39, 0.29) is 12.3 Å². The molecule has 1 atom stereocenters. The summed E-state index contributed by atoms with van der Waals surface area (Å²) in [4.78, 5) is 45.2. The van der Waals surface area contributed by atoms with Crippen LogP contribution >= 0.6 is 0 Å². The molecular weight excluding hydrogens is 382 g/mol. The highest BCUT2D eigenvalue weighted by Gasteiger charge is 2.29. The molecule has 0 fully saturated rings. The maximum Gasteiger partial charge on any atom is 0.254 e. The Bertz CT molecular complexity index is 1130. The van der Waals surface area contributed by atoms with Gasteiger partial charge < -0.3 is 20.9 Å². The van der Waals surface area contributed by atoms with Gasteiger partial charge in [0, 0.05) is 12.1 Å². The fraction of sp³-hybridized carbons (Fsp3) is 0.273. The molecule has 0 unspecified atom stereocenters. The van der Waals surface area contributed by atoms with Crippen LogP contribution in [0.4, 0.5) is 11.4 Å². The van der Waals surface area contributed by atoms with E-state index in [1.807, 2.05) is 12.1 Å². The lowest BCUT2D eigenvalue weighted by molar-refractivity contribution is -0.122. The Balaban J connectivity index is 1.44. The van der Waals surface area contributed by atoms with Crippen molar-refractivity contribution in [1.29, 1.82) is 0 Å². The average molecular weight is 405 g/mol. The molecule has 0 spiro atoms. The van der Waals surface area contributed by atoms with Crippen molar-refractivity contribution in [2.75, 3.05) is 10.6 Å². The Hall–Kier alpha value is -3.68. The van der Waals surface area contributed by atoms with Crippen LogP contribution in [0.5, 0.6) is 0 Å². The smallest absolute Gasteiger partial charge is 0.254 e. The van der Waals surface area contributed by atoms with E-state index in [9.17, 15) is 14.4 Å². The van der Waals surface area contributed by atoms with Crippen molar-refractivity contribution in [3.05, 3.63) is 53.9 Å². The number of fused-ring (bicyclic) bond motifs is 2. The van der Waals surface area contributed by atoms with Gasteiger partial charge in [0.25, 0.3) is 5.91 Å². The molecule has 2 aromatic carbocycles. The van der Waals surface area contributed by atoms with E-state index in [4.69, 9.17) is 0 Å². The zero-order chi connectivity index (χ0) is 21.3. The zero-order valence-corrected chi connectivity index (χ0v) is 16.8. The Labute approximate surface area is 173 Å². The number of hydrogen-bond donors (Lipinski definition) is 4. The van der Waals surface area contributed by atoms with Crippen molar-refractivity contribution in [3.63, 3.8) is 0 Å². The standard InChI is InChI=1S/C22H23N5O3/c1-12(2)9-19-24-16-8-7-13(10-17(16)25-19)23-20(28)11-18-22(30)26-15-6-4-3-5-14(15)21(29)27-18/h3-8,10,12,18H,9,11H2,1-2H3,(H,23,28)(H,24,25)(H,26,30)(H,27,29)/t18-/m1/s1. The first kappa shape index (κ1) is 19.6. The predicted molar refractivity (Wildman–Crippen MR) is 114 cm³/mol. The summed E-state index contributed by atoms with van der Waals surface area (Å²) < 4.78 is 0. The highest BCUT2D eigenvalue weighted by Crippen LogP contribution is 2.21. The normalized spacial score (nSPS) is 16.0. The second-order valence-corrected chi connectivity index (χ2v) is 7.83. The number of hydrogen-bond acceptors (Lipinski definition) is 4. The van der Waals surface area contributed by atoms with Crippen LogP contribution in [0.15, 0.2) is 42.5 Å². The summed E-state index contributed by atoms with van der Waals surface area (Å²) >= 11 is 0. The van der Waals surface area contributed by atoms with Crippen molar-refractivity contribution in [1.82, 2.24) is 15.3 Å². The maximum atomic E-state index is 12.5. The molecule has 1 aliphatic heterocycles. The zero-order valence-electron chi connectivity index (χ0n) is 16.8. The third kappa shape index (κ3) is 4.17. The minimum absolute atomic E-state index is 0.175. The van der Waals surface area contributed by atoms with Crippen molar-refractivity contribution < 1.29 is 14.4 Å². The van der Waals surface area contributed by atoms with Gasteiger partial charge in [0.1, 0.15) is 11.9 Å². The second kappa shape index (κ2) is 7.98. The van der Waals surface area contributed by atoms with Gasteiger partial charge in [-0.05, 0) is 36.2 Å². The van der Waals surface area contributed by atoms with Crippen LogP contribution in [-0.2, 0) is 16.0 Å². The average Bonchev–Trinajstić information content (AvgIpc) is 3.03. The number of nitrogens with zero attached hydrogens (tertiary/aromatic N) is 1. The van der Waals surface area contributed by atoms with E-state index in [2.05, 4.69) is 39.8 Å². The summed E-state index contributed by atoms with van der Waals surface area (Å²) in [6, 6.07) is 11.2.